The van der Waals surface area contributed by atoms with Crippen molar-refractivity contribution in [2.45, 2.75) is 17.1 Å². The number of hydrogen-bond acceptors (Lipinski definition) is 7. The Morgan fingerprint density at radius 1 is 1.38 bits per heavy atom. The maximum Gasteiger partial charge on any atom is 0.276 e. The lowest BCUT2D eigenvalue weighted by molar-refractivity contribution is 0.102. The van der Waals surface area contributed by atoms with E-state index in [-0.39, 0.29) is 5.91 Å². The smallest absolute Gasteiger partial charge is 0.276 e. The summed E-state index contributed by atoms with van der Waals surface area (Å²) < 4.78 is 0. The van der Waals surface area contributed by atoms with E-state index in [0.717, 1.165) is 4.88 Å². The Morgan fingerprint density at radius 3 is 3.00 bits per heavy atom. The number of aromatic nitrogens is 5. The average molecular weight is 318 g/mol. The number of aryl methyl sites for hydroxylation is 1. The van der Waals surface area contributed by atoms with Crippen LogP contribution >= 0.6 is 23.1 Å². The van der Waals surface area contributed by atoms with Gasteiger partial charge in [0.1, 0.15) is 17.0 Å². The first-order valence-electron chi connectivity index (χ1n) is 5.95. The molecule has 3 aromatic heterocycles. The van der Waals surface area contributed by atoms with Crippen LogP contribution in [0.1, 0.15) is 15.4 Å². The fraction of sp³-hybridized carbons (Fsp3) is 0.0833. The summed E-state index contributed by atoms with van der Waals surface area (Å²) in [6.45, 7) is 1.93. The van der Waals surface area contributed by atoms with Gasteiger partial charge in [-0.1, -0.05) is 6.07 Å². The Morgan fingerprint density at radius 2 is 2.29 bits per heavy atom. The van der Waals surface area contributed by atoms with Gasteiger partial charge in [-0.05, 0) is 30.8 Å². The number of hydrogen-bond donors (Lipinski definition) is 2. The zero-order valence-corrected chi connectivity index (χ0v) is 12.5. The third-order valence-corrected chi connectivity index (χ3v) is 4.05. The Bertz CT molecular complexity index is 755. The first-order chi connectivity index (χ1) is 10.2. The molecule has 106 valence electrons. The quantitative estimate of drug-likeness (QED) is 0.766. The predicted octanol–water partition coefficient (Wildman–Crippen LogP) is 2.37. The molecule has 0 unspecified atom stereocenters. The second kappa shape index (κ2) is 6.02. The summed E-state index contributed by atoms with van der Waals surface area (Å²) in [5.41, 5.74) is 0.326. The van der Waals surface area contributed by atoms with Crippen molar-refractivity contribution in [3.8, 4) is 0 Å². The van der Waals surface area contributed by atoms with E-state index >= 15 is 0 Å². The van der Waals surface area contributed by atoms with E-state index in [1.807, 2.05) is 6.92 Å². The predicted molar refractivity (Wildman–Crippen MR) is 79.5 cm³/mol. The van der Waals surface area contributed by atoms with Crippen LogP contribution in [0, 0.1) is 6.92 Å². The van der Waals surface area contributed by atoms with Crippen LogP contribution in [0.25, 0.3) is 0 Å². The van der Waals surface area contributed by atoms with Crippen LogP contribution in [-0.4, -0.2) is 31.1 Å². The van der Waals surface area contributed by atoms with Crippen molar-refractivity contribution >= 4 is 34.1 Å². The number of amides is 1. The molecule has 0 fully saturated rings. The van der Waals surface area contributed by atoms with Crippen molar-refractivity contribution in [3.05, 3.63) is 41.3 Å². The molecule has 7 nitrogen and oxygen atoms in total. The van der Waals surface area contributed by atoms with Crippen LogP contribution in [0.2, 0.25) is 0 Å². The standard InChI is InChI=1S/C12H10N6OS2/c1-7-5-13-11(20-7)17-10(19)8-3-2-4-9(16-8)21-12-14-6-15-18-12/h2-6H,1H3,(H,13,17,19)(H,14,15,18). The zero-order chi connectivity index (χ0) is 14.7. The first-order valence-corrected chi connectivity index (χ1v) is 7.58. The van der Waals surface area contributed by atoms with Gasteiger partial charge < -0.3 is 0 Å². The molecule has 21 heavy (non-hydrogen) atoms. The highest BCUT2D eigenvalue weighted by molar-refractivity contribution is 7.99. The second-order valence-corrected chi connectivity index (χ2v) is 6.23. The molecule has 3 heterocycles. The number of nitrogens with zero attached hydrogens (tertiary/aromatic N) is 4. The van der Waals surface area contributed by atoms with E-state index < -0.39 is 0 Å². The van der Waals surface area contributed by atoms with Gasteiger partial charge in [0, 0.05) is 11.1 Å². The summed E-state index contributed by atoms with van der Waals surface area (Å²) in [4.78, 5) is 25.6. The van der Waals surface area contributed by atoms with E-state index in [9.17, 15) is 4.79 Å². The van der Waals surface area contributed by atoms with Gasteiger partial charge in [0.05, 0.1) is 0 Å². The molecule has 0 saturated carbocycles. The second-order valence-electron chi connectivity index (χ2n) is 3.98. The van der Waals surface area contributed by atoms with E-state index in [0.29, 0.717) is 21.0 Å². The van der Waals surface area contributed by atoms with Gasteiger partial charge >= 0.3 is 0 Å². The molecule has 0 aliphatic heterocycles. The summed E-state index contributed by atoms with van der Waals surface area (Å²) in [6, 6.07) is 5.23. The van der Waals surface area contributed by atoms with Crippen molar-refractivity contribution in [2.24, 2.45) is 0 Å². The zero-order valence-electron chi connectivity index (χ0n) is 10.9. The van der Waals surface area contributed by atoms with Crippen LogP contribution in [0.5, 0.6) is 0 Å². The van der Waals surface area contributed by atoms with Crippen LogP contribution in [-0.2, 0) is 0 Å². The summed E-state index contributed by atoms with van der Waals surface area (Å²) in [5.74, 6) is -0.288. The number of aromatic amines is 1. The summed E-state index contributed by atoms with van der Waals surface area (Å²) in [7, 11) is 0. The molecule has 0 spiro atoms. The molecule has 0 atom stereocenters. The fourth-order valence-electron chi connectivity index (χ4n) is 1.51. The third-order valence-electron chi connectivity index (χ3n) is 2.39. The maximum absolute atomic E-state index is 12.1. The summed E-state index contributed by atoms with van der Waals surface area (Å²) in [5, 5.41) is 11.1. The van der Waals surface area contributed by atoms with Crippen molar-refractivity contribution in [3.63, 3.8) is 0 Å². The number of rotatable bonds is 4. The van der Waals surface area contributed by atoms with Gasteiger partial charge in [-0.25, -0.2) is 15.0 Å². The van der Waals surface area contributed by atoms with E-state index in [1.165, 1.54) is 29.4 Å². The number of carbonyl (C=O) groups excluding carboxylic acids is 1. The minimum Gasteiger partial charge on any atom is -0.296 e. The summed E-state index contributed by atoms with van der Waals surface area (Å²) >= 11 is 2.72. The first kappa shape index (κ1) is 13.7. The normalized spacial score (nSPS) is 10.5. The van der Waals surface area contributed by atoms with Crippen molar-refractivity contribution in [2.75, 3.05) is 5.32 Å². The van der Waals surface area contributed by atoms with Gasteiger partial charge in [0.25, 0.3) is 5.91 Å². The monoisotopic (exact) mass is 318 g/mol. The van der Waals surface area contributed by atoms with Crippen LogP contribution < -0.4 is 5.32 Å². The highest BCUT2D eigenvalue weighted by atomic mass is 32.2. The van der Waals surface area contributed by atoms with Crippen LogP contribution in [0.4, 0.5) is 5.13 Å². The molecule has 0 aliphatic rings. The molecule has 0 aliphatic carbocycles. The highest BCUT2D eigenvalue weighted by Crippen LogP contribution is 2.22. The van der Waals surface area contributed by atoms with Crippen LogP contribution in [0.3, 0.4) is 0 Å². The summed E-state index contributed by atoms with van der Waals surface area (Å²) in [6.07, 6.45) is 3.13. The molecule has 0 radical (unpaired) electrons. The lowest BCUT2D eigenvalue weighted by Crippen LogP contribution is -2.13. The highest BCUT2D eigenvalue weighted by Gasteiger charge is 2.11. The Hall–Kier alpha value is -2.26. The third kappa shape index (κ3) is 3.44. The minimum atomic E-state index is -0.288. The number of carbonyl (C=O) groups is 1. The van der Waals surface area contributed by atoms with Crippen molar-refractivity contribution in [1.29, 1.82) is 0 Å². The van der Waals surface area contributed by atoms with E-state index in [1.54, 1.807) is 24.4 Å². The largest absolute Gasteiger partial charge is 0.296 e. The number of H-pyrrole nitrogens is 1. The van der Waals surface area contributed by atoms with Crippen molar-refractivity contribution in [1.82, 2.24) is 25.1 Å². The molecular weight excluding hydrogens is 308 g/mol. The topological polar surface area (TPSA) is 96.5 Å². The van der Waals surface area contributed by atoms with Gasteiger partial charge in [-0.2, -0.15) is 5.10 Å². The van der Waals surface area contributed by atoms with Gasteiger partial charge in [-0.3, -0.25) is 15.2 Å². The van der Waals surface area contributed by atoms with E-state index in [2.05, 4.69) is 30.5 Å². The fourth-order valence-corrected chi connectivity index (χ4v) is 2.86. The maximum atomic E-state index is 12.1. The Kier molecular flexibility index (Phi) is 3.93. The van der Waals surface area contributed by atoms with Crippen molar-refractivity contribution < 1.29 is 4.79 Å². The van der Waals surface area contributed by atoms with Gasteiger partial charge in [-0.15, -0.1) is 11.3 Å². The molecule has 0 aromatic carbocycles. The Balaban J connectivity index is 1.74. The minimum absolute atomic E-state index is 0.288. The molecule has 2 N–H and O–H groups in total. The molecular formula is C12H10N6OS2. The molecule has 9 heteroatoms. The molecule has 0 saturated heterocycles. The molecule has 0 bridgehead atoms. The van der Waals surface area contributed by atoms with Gasteiger partial charge in [0.2, 0.25) is 0 Å². The Labute approximate surface area is 128 Å². The SMILES string of the molecule is Cc1cnc(NC(=O)c2cccc(Sc3ncn[nH]3)n2)s1. The number of nitrogens with one attached hydrogen (secondary N) is 2. The average Bonchev–Trinajstić information content (AvgIpc) is 3.11. The molecule has 3 rings (SSSR count). The lowest BCUT2D eigenvalue weighted by atomic mass is 10.3. The molecule has 1 amide bonds. The number of thiazole rings is 1. The number of anilines is 1. The molecule has 3 aromatic rings. The lowest BCUT2D eigenvalue weighted by Gasteiger charge is -2.02. The van der Waals surface area contributed by atoms with Gasteiger partial charge in [0.15, 0.2) is 10.3 Å². The number of pyridine rings is 1. The van der Waals surface area contributed by atoms with E-state index in [4.69, 9.17) is 0 Å². The van der Waals surface area contributed by atoms with Crippen LogP contribution in [0.15, 0.2) is 40.9 Å².